The van der Waals surface area contributed by atoms with E-state index in [2.05, 4.69) is 149 Å². The highest BCUT2D eigenvalue weighted by atomic mass is 15.2. The predicted octanol–water partition coefficient (Wildman–Crippen LogP) is 10.3. The Labute approximate surface area is 259 Å². The van der Waals surface area contributed by atoms with E-state index in [-0.39, 0.29) is 0 Å². The zero-order chi connectivity index (χ0) is 29.7. The van der Waals surface area contributed by atoms with Crippen molar-refractivity contribution in [2.24, 2.45) is 0 Å². The fourth-order valence-electron chi connectivity index (χ4n) is 6.49. The largest absolute Gasteiger partial charge is 0.254 e. The molecule has 0 aliphatic carbocycles. The smallest absolute Gasteiger partial charge is 0.101 e. The van der Waals surface area contributed by atoms with E-state index in [0.717, 1.165) is 77.6 Å². The van der Waals surface area contributed by atoms with Gasteiger partial charge in [-0.2, -0.15) is 5.10 Å². The number of aromatic nitrogens is 4. The molecule has 0 aliphatic rings. The Kier molecular flexibility index (Phi) is 5.78. The van der Waals surface area contributed by atoms with Crippen LogP contribution in [0, 0.1) is 0 Å². The predicted molar refractivity (Wildman–Crippen MR) is 185 cm³/mol. The SMILES string of the molecule is c1ccc(-c2nn3c(-c4ccccc4)cc4ccccc4c3c2-c2cccc(-c3ccc4ccc5cccnc5c4n3)c2)cc1. The van der Waals surface area contributed by atoms with Crippen LogP contribution in [0.15, 0.2) is 158 Å². The summed E-state index contributed by atoms with van der Waals surface area (Å²) in [5, 5.41) is 9.86. The van der Waals surface area contributed by atoms with Crippen LogP contribution in [-0.2, 0) is 0 Å². The van der Waals surface area contributed by atoms with Gasteiger partial charge in [0.2, 0.25) is 0 Å². The molecule has 0 saturated heterocycles. The van der Waals surface area contributed by atoms with Crippen LogP contribution >= 0.6 is 0 Å². The topological polar surface area (TPSA) is 43.1 Å². The summed E-state index contributed by atoms with van der Waals surface area (Å²) in [7, 11) is 0. The average molecular weight is 575 g/mol. The minimum atomic E-state index is 0.912. The zero-order valence-corrected chi connectivity index (χ0v) is 24.3. The lowest BCUT2D eigenvalue weighted by Crippen LogP contribution is -1.95. The van der Waals surface area contributed by atoms with Crippen molar-refractivity contribution in [3.8, 4) is 44.9 Å². The number of hydrogen-bond donors (Lipinski definition) is 0. The Bertz CT molecular complexity index is 2530. The van der Waals surface area contributed by atoms with Crippen molar-refractivity contribution in [3.63, 3.8) is 0 Å². The van der Waals surface area contributed by atoms with Gasteiger partial charge in [-0.15, -0.1) is 0 Å². The minimum absolute atomic E-state index is 0.912. The molecule has 0 atom stereocenters. The molecular weight excluding hydrogens is 548 g/mol. The summed E-state index contributed by atoms with van der Waals surface area (Å²) in [5.74, 6) is 0. The molecule has 4 heterocycles. The van der Waals surface area contributed by atoms with Crippen LogP contribution < -0.4 is 0 Å². The van der Waals surface area contributed by atoms with Crippen molar-refractivity contribution in [3.05, 3.63) is 158 Å². The van der Waals surface area contributed by atoms with Crippen LogP contribution in [0.1, 0.15) is 0 Å². The fraction of sp³-hybridized carbons (Fsp3) is 0. The van der Waals surface area contributed by atoms with Crippen LogP contribution in [0.3, 0.4) is 0 Å². The Morgan fingerprint density at radius 1 is 0.467 bits per heavy atom. The third-order valence-electron chi connectivity index (χ3n) is 8.62. The first kappa shape index (κ1) is 25.4. The molecule has 45 heavy (non-hydrogen) atoms. The molecule has 0 aliphatic heterocycles. The normalized spacial score (nSPS) is 11.6. The van der Waals surface area contributed by atoms with Gasteiger partial charge < -0.3 is 0 Å². The van der Waals surface area contributed by atoms with E-state index in [0.29, 0.717) is 0 Å². The van der Waals surface area contributed by atoms with Gasteiger partial charge >= 0.3 is 0 Å². The molecule has 0 radical (unpaired) electrons. The van der Waals surface area contributed by atoms with Crippen molar-refractivity contribution in [1.82, 2.24) is 19.6 Å². The number of rotatable bonds is 4. The van der Waals surface area contributed by atoms with Crippen LogP contribution in [0.2, 0.25) is 0 Å². The summed E-state index contributed by atoms with van der Waals surface area (Å²) >= 11 is 0. The maximum absolute atomic E-state index is 5.36. The summed E-state index contributed by atoms with van der Waals surface area (Å²) in [6, 6.07) is 53.1. The lowest BCUT2D eigenvalue weighted by molar-refractivity contribution is 0.979. The highest BCUT2D eigenvalue weighted by Gasteiger charge is 2.22. The summed E-state index contributed by atoms with van der Waals surface area (Å²) in [6.45, 7) is 0. The van der Waals surface area contributed by atoms with E-state index in [1.54, 1.807) is 0 Å². The van der Waals surface area contributed by atoms with Crippen LogP contribution in [0.25, 0.3) is 83.0 Å². The lowest BCUT2D eigenvalue weighted by Gasteiger charge is -2.11. The number of benzene rings is 5. The second kappa shape index (κ2) is 10.2. The van der Waals surface area contributed by atoms with E-state index in [9.17, 15) is 0 Å². The molecule has 210 valence electrons. The van der Waals surface area contributed by atoms with Crippen molar-refractivity contribution in [2.45, 2.75) is 0 Å². The standard InChI is InChI=1S/C41H26N4/c1-3-11-27(12-4-1)36-26-31-15-7-8-19-34(31)41-37(38(44-45(36)41)28-13-5-2-6-14-28)33-17-9-16-32(25-33)35-23-22-30-21-20-29-18-10-24-42-39(29)40(30)43-35/h1-26H. The monoisotopic (exact) mass is 574 g/mol. The molecule has 4 aromatic heterocycles. The number of fused-ring (bicyclic) bond motifs is 6. The van der Waals surface area contributed by atoms with Gasteiger partial charge in [0.15, 0.2) is 0 Å². The molecule has 0 fully saturated rings. The Balaban J connectivity index is 1.33. The van der Waals surface area contributed by atoms with Gasteiger partial charge in [0.1, 0.15) is 5.69 Å². The summed E-state index contributed by atoms with van der Waals surface area (Å²) in [5.41, 5.74) is 11.3. The molecule has 0 saturated carbocycles. The molecule has 0 amide bonds. The van der Waals surface area contributed by atoms with Gasteiger partial charge in [-0.05, 0) is 35.2 Å². The Hall–Kier alpha value is -6.13. The maximum atomic E-state index is 5.36. The molecule has 0 N–H and O–H groups in total. The van der Waals surface area contributed by atoms with Gasteiger partial charge in [-0.3, -0.25) is 4.98 Å². The summed E-state index contributed by atoms with van der Waals surface area (Å²) < 4.78 is 2.13. The van der Waals surface area contributed by atoms with E-state index in [1.165, 1.54) is 5.39 Å². The molecule has 0 spiro atoms. The molecule has 9 rings (SSSR count). The molecule has 5 aromatic carbocycles. The fourth-order valence-corrected chi connectivity index (χ4v) is 6.49. The average Bonchev–Trinajstić information content (AvgIpc) is 3.53. The Morgan fingerprint density at radius 2 is 1.13 bits per heavy atom. The van der Waals surface area contributed by atoms with Crippen molar-refractivity contribution >= 4 is 38.1 Å². The first-order valence-electron chi connectivity index (χ1n) is 15.1. The van der Waals surface area contributed by atoms with E-state index < -0.39 is 0 Å². The van der Waals surface area contributed by atoms with Gasteiger partial charge in [0, 0.05) is 44.6 Å². The van der Waals surface area contributed by atoms with E-state index in [4.69, 9.17) is 10.1 Å². The third-order valence-corrected chi connectivity index (χ3v) is 8.62. The van der Waals surface area contributed by atoms with E-state index in [1.807, 2.05) is 18.3 Å². The van der Waals surface area contributed by atoms with Gasteiger partial charge in [-0.25, -0.2) is 9.50 Å². The Morgan fingerprint density at radius 3 is 1.98 bits per heavy atom. The van der Waals surface area contributed by atoms with Crippen LogP contribution in [0.5, 0.6) is 0 Å². The number of pyridine rings is 3. The molecule has 9 aromatic rings. The first-order valence-corrected chi connectivity index (χ1v) is 15.1. The van der Waals surface area contributed by atoms with Crippen molar-refractivity contribution in [2.75, 3.05) is 0 Å². The lowest BCUT2D eigenvalue weighted by atomic mass is 9.95. The third kappa shape index (κ3) is 4.19. The van der Waals surface area contributed by atoms with Crippen molar-refractivity contribution in [1.29, 1.82) is 0 Å². The van der Waals surface area contributed by atoms with Crippen LogP contribution in [-0.4, -0.2) is 19.6 Å². The number of nitrogens with zero attached hydrogens (tertiary/aromatic N) is 4. The molecule has 0 unspecified atom stereocenters. The first-order chi connectivity index (χ1) is 22.3. The van der Waals surface area contributed by atoms with Gasteiger partial charge in [0.05, 0.1) is 27.9 Å². The molecular formula is C41H26N4. The summed E-state index contributed by atoms with van der Waals surface area (Å²) in [4.78, 5) is 9.83. The molecule has 0 bridgehead atoms. The van der Waals surface area contributed by atoms with E-state index >= 15 is 0 Å². The maximum Gasteiger partial charge on any atom is 0.101 e. The highest BCUT2D eigenvalue weighted by Crippen LogP contribution is 2.41. The second-order valence-corrected chi connectivity index (χ2v) is 11.3. The summed E-state index contributed by atoms with van der Waals surface area (Å²) in [6.07, 6.45) is 1.83. The molecule has 4 nitrogen and oxygen atoms in total. The minimum Gasteiger partial charge on any atom is -0.254 e. The van der Waals surface area contributed by atoms with Crippen LogP contribution in [0.4, 0.5) is 0 Å². The molecule has 4 heteroatoms. The highest BCUT2D eigenvalue weighted by molar-refractivity contribution is 6.09. The quantitative estimate of drug-likeness (QED) is 0.196. The second-order valence-electron chi connectivity index (χ2n) is 11.3. The van der Waals surface area contributed by atoms with Crippen molar-refractivity contribution < 1.29 is 0 Å². The van der Waals surface area contributed by atoms with Gasteiger partial charge in [0.25, 0.3) is 0 Å². The zero-order valence-electron chi connectivity index (χ0n) is 24.3. The number of hydrogen-bond acceptors (Lipinski definition) is 3. The van der Waals surface area contributed by atoms with Gasteiger partial charge in [-0.1, -0.05) is 127 Å².